The predicted molar refractivity (Wildman–Crippen MR) is 79.1 cm³/mol. The Kier molecular flexibility index (Phi) is 4.56. The highest BCUT2D eigenvalue weighted by atomic mass is 35.5. The standard InChI is InChI=1S/C14H18ClN3O/c1-10-12-6-4-5-7-13(12)14(17-16-10)18(2)8-11(15)9-19-3/h4-7,11H,8-9H2,1-3H3. The van der Waals surface area contributed by atoms with Crippen molar-refractivity contribution >= 4 is 28.2 Å². The molecule has 4 nitrogen and oxygen atoms in total. The highest BCUT2D eigenvalue weighted by molar-refractivity contribution is 6.21. The van der Waals surface area contributed by atoms with Gasteiger partial charge in [-0.15, -0.1) is 16.7 Å². The van der Waals surface area contributed by atoms with Gasteiger partial charge in [0.15, 0.2) is 5.82 Å². The maximum absolute atomic E-state index is 6.19. The van der Waals surface area contributed by atoms with E-state index in [-0.39, 0.29) is 5.38 Å². The molecule has 0 fully saturated rings. The summed E-state index contributed by atoms with van der Waals surface area (Å²) in [6.07, 6.45) is 0. The number of aromatic nitrogens is 2. The second-order valence-electron chi connectivity index (χ2n) is 4.59. The van der Waals surface area contributed by atoms with Crippen molar-refractivity contribution in [2.45, 2.75) is 12.3 Å². The monoisotopic (exact) mass is 279 g/mol. The maximum Gasteiger partial charge on any atom is 0.158 e. The summed E-state index contributed by atoms with van der Waals surface area (Å²) in [7, 11) is 3.62. The average molecular weight is 280 g/mol. The van der Waals surface area contributed by atoms with Crippen LogP contribution in [0.15, 0.2) is 24.3 Å². The van der Waals surface area contributed by atoms with E-state index in [0.29, 0.717) is 13.2 Å². The fraction of sp³-hybridized carbons (Fsp3) is 0.429. The third-order valence-corrected chi connectivity index (χ3v) is 3.30. The Morgan fingerprint density at radius 1 is 1.26 bits per heavy atom. The van der Waals surface area contributed by atoms with Crippen LogP contribution < -0.4 is 4.90 Å². The van der Waals surface area contributed by atoms with Crippen LogP contribution in [0.1, 0.15) is 5.69 Å². The molecule has 0 radical (unpaired) electrons. The van der Waals surface area contributed by atoms with Crippen molar-refractivity contribution in [3.8, 4) is 0 Å². The zero-order valence-corrected chi connectivity index (χ0v) is 12.2. The van der Waals surface area contributed by atoms with E-state index in [9.17, 15) is 0 Å². The maximum atomic E-state index is 6.19. The van der Waals surface area contributed by atoms with Crippen LogP contribution in [0.4, 0.5) is 5.82 Å². The summed E-state index contributed by atoms with van der Waals surface area (Å²) < 4.78 is 5.05. The number of alkyl halides is 1. The molecule has 2 rings (SSSR count). The molecule has 102 valence electrons. The Morgan fingerprint density at radius 3 is 2.63 bits per heavy atom. The quantitative estimate of drug-likeness (QED) is 0.789. The normalized spacial score (nSPS) is 12.6. The van der Waals surface area contributed by atoms with Crippen LogP contribution >= 0.6 is 11.6 Å². The third kappa shape index (κ3) is 3.14. The number of ether oxygens (including phenoxy) is 1. The Hall–Kier alpha value is -1.39. The zero-order valence-electron chi connectivity index (χ0n) is 11.4. The average Bonchev–Trinajstić information content (AvgIpc) is 2.39. The Morgan fingerprint density at radius 2 is 1.95 bits per heavy atom. The van der Waals surface area contributed by atoms with Crippen LogP contribution in [0.25, 0.3) is 10.8 Å². The summed E-state index contributed by atoms with van der Waals surface area (Å²) in [6.45, 7) is 3.15. The summed E-state index contributed by atoms with van der Waals surface area (Å²) in [5.41, 5.74) is 0.937. The SMILES string of the molecule is COCC(Cl)CN(C)c1nnc(C)c2ccccc12. The lowest BCUT2D eigenvalue weighted by Crippen LogP contribution is -2.29. The van der Waals surface area contributed by atoms with Crippen molar-refractivity contribution in [2.75, 3.05) is 32.2 Å². The lowest BCUT2D eigenvalue weighted by molar-refractivity contribution is 0.199. The molecule has 2 aromatic rings. The van der Waals surface area contributed by atoms with E-state index in [1.54, 1.807) is 7.11 Å². The van der Waals surface area contributed by atoms with Crippen molar-refractivity contribution < 1.29 is 4.74 Å². The molecule has 1 aromatic carbocycles. The van der Waals surface area contributed by atoms with E-state index in [2.05, 4.69) is 22.3 Å². The van der Waals surface area contributed by atoms with Crippen LogP contribution in [0, 0.1) is 6.92 Å². The molecular weight excluding hydrogens is 262 g/mol. The molecule has 0 aliphatic rings. The fourth-order valence-electron chi connectivity index (χ4n) is 2.12. The van der Waals surface area contributed by atoms with E-state index in [0.717, 1.165) is 22.3 Å². The predicted octanol–water partition coefficient (Wildman–Crippen LogP) is 2.63. The number of nitrogens with zero attached hydrogens (tertiary/aromatic N) is 3. The van der Waals surface area contributed by atoms with E-state index in [1.807, 2.05) is 31.0 Å². The van der Waals surface area contributed by atoms with Crippen molar-refractivity contribution in [1.82, 2.24) is 10.2 Å². The van der Waals surface area contributed by atoms with Crippen LogP contribution in [0.3, 0.4) is 0 Å². The molecule has 1 heterocycles. The first-order chi connectivity index (χ1) is 9.13. The number of rotatable bonds is 5. The minimum absolute atomic E-state index is 0.0723. The molecule has 0 amide bonds. The molecule has 1 aromatic heterocycles. The van der Waals surface area contributed by atoms with E-state index >= 15 is 0 Å². The number of anilines is 1. The molecule has 0 saturated heterocycles. The second-order valence-corrected chi connectivity index (χ2v) is 5.20. The van der Waals surface area contributed by atoms with Crippen molar-refractivity contribution in [1.29, 1.82) is 0 Å². The molecule has 0 saturated carbocycles. The molecule has 0 spiro atoms. The Bertz CT molecular complexity index is 561. The van der Waals surface area contributed by atoms with Gasteiger partial charge >= 0.3 is 0 Å². The number of methoxy groups -OCH3 is 1. The number of benzene rings is 1. The van der Waals surface area contributed by atoms with Gasteiger partial charge in [0.2, 0.25) is 0 Å². The van der Waals surface area contributed by atoms with Gasteiger partial charge in [0.1, 0.15) is 0 Å². The van der Waals surface area contributed by atoms with Gasteiger partial charge in [-0.05, 0) is 6.92 Å². The first-order valence-electron chi connectivity index (χ1n) is 6.19. The summed E-state index contributed by atoms with van der Waals surface area (Å²) >= 11 is 6.19. The summed E-state index contributed by atoms with van der Waals surface area (Å²) in [4.78, 5) is 2.02. The minimum Gasteiger partial charge on any atom is -0.383 e. The second kappa shape index (κ2) is 6.17. The topological polar surface area (TPSA) is 38.2 Å². The van der Waals surface area contributed by atoms with Crippen LogP contribution in [-0.4, -0.2) is 42.9 Å². The molecule has 0 aliphatic carbocycles. The molecule has 1 atom stereocenters. The molecule has 0 aliphatic heterocycles. The Balaban J connectivity index is 2.32. The number of hydrogen-bond donors (Lipinski definition) is 0. The molecular formula is C14H18ClN3O. The first kappa shape index (κ1) is 14.0. The van der Waals surface area contributed by atoms with Crippen LogP contribution in [-0.2, 0) is 4.74 Å². The van der Waals surface area contributed by atoms with Crippen LogP contribution in [0.5, 0.6) is 0 Å². The summed E-state index contributed by atoms with van der Waals surface area (Å²) in [5, 5.41) is 10.7. The smallest absolute Gasteiger partial charge is 0.158 e. The summed E-state index contributed by atoms with van der Waals surface area (Å²) in [5.74, 6) is 0.850. The lowest BCUT2D eigenvalue weighted by Gasteiger charge is -2.22. The van der Waals surface area contributed by atoms with Crippen molar-refractivity contribution in [3.63, 3.8) is 0 Å². The van der Waals surface area contributed by atoms with E-state index < -0.39 is 0 Å². The van der Waals surface area contributed by atoms with Crippen LogP contribution in [0.2, 0.25) is 0 Å². The number of hydrogen-bond acceptors (Lipinski definition) is 4. The van der Waals surface area contributed by atoms with E-state index in [4.69, 9.17) is 16.3 Å². The third-order valence-electron chi connectivity index (χ3n) is 3.03. The first-order valence-corrected chi connectivity index (χ1v) is 6.63. The molecule has 19 heavy (non-hydrogen) atoms. The molecule has 5 heteroatoms. The van der Waals surface area contributed by atoms with Gasteiger partial charge in [-0.2, -0.15) is 5.10 Å². The summed E-state index contributed by atoms with van der Waals surface area (Å²) in [6, 6.07) is 8.14. The zero-order chi connectivity index (χ0) is 13.8. The van der Waals surface area contributed by atoms with Gasteiger partial charge in [0.25, 0.3) is 0 Å². The minimum atomic E-state index is -0.0723. The van der Waals surface area contributed by atoms with Gasteiger partial charge in [-0.3, -0.25) is 0 Å². The highest BCUT2D eigenvalue weighted by Gasteiger charge is 2.14. The molecule has 1 unspecified atom stereocenters. The van der Waals surface area contributed by atoms with Gasteiger partial charge < -0.3 is 9.64 Å². The Labute approximate surface area is 118 Å². The van der Waals surface area contributed by atoms with Gasteiger partial charge in [-0.25, -0.2) is 0 Å². The largest absolute Gasteiger partial charge is 0.383 e. The molecule has 0 N–H and O–H groups in total. The van der Waals surface area contributed by atoms with E-state index in [1.165, 1.54) is 0 Å². The highest BCUT2D eigenvalue weighted by Crippen LogP contribution is 2.24. The van der Waals surface area contributed by atoms with Gasteiger partial charge in [0, 0.05) is 31.5 Å². The number of aryl methyl sites for hydroxylation is 1. The lowest BCUT2D eigenvalue weighted by atomic mass is 10.1. The number of fused-ring (bicyclic) bond motifs is 1. The van der Waals surface area contributed by atoms with Crippen molar-refractivity contribution in [2.24, 2.45) is 0 Å². The van der Waals surface area contributed by atoms with Crippen molar-refractivity contribution in [3.05, 3.63) is 30.0 Å². The van der Waals surface area contributed by atoms with Gasteiger partial charge in [-0.1, -0.05) is 24.3 Å². The fourth-order valence-corrected chi connectivity index (χ4v) is 2.46. The molecule has 0 bridgehead atoms. The van der Waals surface area contributed by atoms with Gasteiger partial charge in [0.05, 0.1) is 17.7 Å². The number of halogens is 1.